The van der Waals surface area contributed by atoms with E-state index in [-0.39, 0.29) is 5.82 Å². The number of rotatable bonds is 3. The van der Waals surface area contributed by atoms with E-state index in [1.54, 1.807) is 18.2 Å². The second kappa shape index (κ2) is 4.31. The summed E-state index contributed by atoms with van der Waals surface area (Å²) in [6.45, 7) is 0. The number of aromatic nitrogens is 1. The minimum atomic E-state index is -0.236. The molecule has 1 aromatic heterocycles. The molecule has 0 unspecified atom stereocenters. The zero-order chi connectivity index (χ0) is 10.7. The summed E-state index contributed by atoms with van der Waals surface area (Å²) in [7, 11) is 0. The van der Waals surface area contributed by atoms with E-state index in [1.165, 1.54) is 23.6 Å². The lowest BCUT2D eigenvalue weighted by Gasteiger charge is -1.98. The summed E-state index contributed by atoms with van der Waals surface area (Å²) in [5.41, 5.74) is 0.601. The van der Waals surface area contributed by atoms with Crippen LogP contribution >= 0.6 is 11.3 Å². The fourth-order valence-corrected chi connectivity index (χ4v) is 2.02. The topological polar surface area (TPSA) is 30.0 Å². The quantitative estimate of drug-likeness (QED) is 0.746. The first-order valence-electron chi connectivity index (χ1n) is 4.43. The van der Waals surface area contributed by atoms with Crippen LogP contribution in [0.15, 0.2) is 30.5 Å². The highest BCUT2D eigenvalue weighted by molar-refractivity contribution is 7.13. The van der Waals surface area contributed by atoms with Crippen molar-refractivity contribution in [3.05, 3.63) is 51.7 Å². The minimum absolute atomic E-state index is 0.236. The Hall–Kier alpha value is -1.55. The van der Waals surface area contributed by atoms with Crippen LogP contribution in [0.3, 0.4) is 0 Å². The Kier molecular flexibility index (Phi) is 2.87. The third-order valence-electron chi connectivity index (χ3n) is 1.99. The maximum Gasteiger partial charge on any atom is 0.161 e. The van der Waals surface area contributed by atoms with Gasteiger partial charge in [-0.15, -0.1) is 11.3 Å². The zero-order valence-corrected chi connectivity index (χ0v) is 8.63. The minimum Gasteiger partial charge on any atom is -0.297 e. The molecule has 0 aliphatic rings. The molecule has 0 aliphatic carbocycles. The van der Waals surface area contributed by atoms with Crippen molar-refractivity contribution in [2.45, 2.75) is 6.42 Å². The van der Waals surface area contributed by atoms with Gasteiger partial charge in [0.05, 0.1) is 9.88 Å². The lowest BCUT2D eigenvalue weighted by Crippen LogP contribution is -1.90. The highest BCUT2D eigenvalue weighted by Crippen LogP contribution is 2.17. The summed E-state index contributed by atoms with van der Waals surface area (Å²) in [5, 5.41) is 0.752. The van der Waals surface area contributed by atoms with E-state index in [9.17, 15) is 9.18 Å². The Morgan fingerprint density at radius 2 is 2.20 bits per heavy atom. The van der Waals surface area contributed by atoms with Gasteiger partial charge in [-0.2, -0.15) is 0 Å². The second-order valence-corrected chi connectivity index (χ2v) is 4.19. The molecular weight excluding hydrogens is 213 g/mol. The van der Waals surface area contributed by atoms with Gasteiger partial charge in [0.1, 0.15) is 5.82 Å². The molecule has 0 bridgehead atoms. The third kappa shape index (κ3) is 2.27. The summed E-state index contributed by atoms with van der Waals surface area (Å²) < 4.78 is 13.3. The summed E-state index contributed by atoms with van der Waals surface area (Å²) in [5.74, 6) is -0.236. The standard InChI is InChI=1S/C11H8FNOS/c12-10-4-2-1-3-8(10)5-11-13-6-9(7-14)15-11/h1-4,6-7H,5H2. The van der Waals surface area contributed by atoms with E-state index >= 15 is 0 Å². The summed E-state index contributed by atoms with van der Waals surface area (Å²) in [6, 6.07) is 6.57. The Labute approximate surface area is 90.4 Å². The fourth-order valence-electron chi connectivity index (χ4n) is 1.27. The molecule has 0 spiro atoms. The average Bonchev–Trinajstić information content (AvgIpc) is 2.69. The van der Waals surface area contributed by atoms with E-state index in [1.807, 2.05) is 0 Å². The van der Waals surface area contributed by atoms with Gasteiger partial charge in [0, 0.05) is 12.6 Å². The first-order valence-corrected chi connectivity index (χ1v) is 5.24. The number of thiazole rings is 1. The van der Waals surface area contributed by atoms with Gasteiger partial charge in [-0.05, 0) is 11.6 Å². The Morgan fingerprint density at radius 3 is 2.87 bits per heavy atom. The number of halogens is 1. The van der Waals surface area contributed by atoms with E-state index in [4.69, 9.17) is 0 Å². The fraction of sp³-hybridized carbons (Fsp3) is 0.0909. The molecule has 2 aromatic rings. The van der Waals surface area contributed by atoms with E-state index < -0.39 is 0 Å². The molecule has 0 N–H and O–H groups in total. The van der Waals surface area contributed by atoms with Crippen molar-refractivity contribution in [2.24, 2.45) is 0 Å². The molecule has 15 heavy (non-hydrogen) atoms. The summed E-state index contributed by atoms with van der Waals surface area (Å²) >= 11 is 1.29. The maximum atomic E-state index is 13.3. The van der Waals surface area contributed by atoms with Crippen molar-refractivity contribution < 1.29 is 9.18 Å². The summed E-state index contributed by atoms with van der Waals surface area (Å²) in [4.78, 5) is 15.1. The number of carbonyl (C=O) groups is 1. The van der Waals surface area contributed by atoms with Gasteiger partial charge in [0.2, 0.25) is 0 Å². The number of benzene rings is 1. The average molecular weight is 221 g/mol. The lowest BCUT2D eigenvalue weighted by molar-refractivity contribution is 0.112. The van der Waals surface area contributed by atoms with Gasteiger partial charge < -0.3 is 0 Å². The van der Waals surface area contributed by atoms with Crippen molar-refractivity contribution >= 4 is 17.6 Å². The summed E-state index contributed by atoms with van der Waals surface area (Å²) in [6.07, 6.45) is 2.70. The molecule has 0 aliphatic heterocycles. The van der Waals surface area contributed by atoms with Gasteiger partial charge >= 0.3 is 0 Å². The van der Waals surface area contributed by atoms with Crippen molar-refractivity contribution in [1.82, 2.24) is 4.98 Å². The molecule has 1 heterocycles. The number of carbonyl (C=O) groups excluding carboxylic acids is 1. The number of hydrogen-bond donors (Lipinski definition) is 0. The van der Waals surface area contributed by atoms with Crippen molar-refractivity contribution in [3.63, 3.8) is 0 Å². The van der Waals surface area contributed by atoms with Gasteiger partial charge in [-0.1, -0.05) is 18.2 Å². The molecule has 0 amide bonds. The monoisotopic (exact) mass is 221 g/mol. The van der Waals surface area contributed by atoms with Crippen LogP contribution < -0.4 is 0 Å². The van der Waals surface area contributed by atoms with E-state index in [0.717, 1.165) is 11.3 Å². The Balaban J connectivity index is 2.22. The molecule has 0 radical (unpaired) electrons. The lowest BCUT2D eigenvalue weighted by atomic mass is 10.1. The van der Waals surface area contributed by atoms with Gasteiger partial charge in [0.15, 0.2) is 6.29 Å². The molecule has 2 nitrogen and oxygen atoms in total. The van der Waals surface area contributed by atoms with Crippen LogP contribution in [-0.2, 0) is 6.42 Å². The van der Waals surface area contributed by atoms with Crippen LogP contribution in [0.25, 0.3) is 0 Å². The van der Waals surface area contributed by atoms with Crippen LogP contribution in [0.4, 0.5) is 4.39 Å². The highest BCUT2D eigenvalue weighted by Gasteiger charge is 2.05. The predicted molar refractivity (Wildman–Crippen MR) is 56.7 cm³/mol. The predicted octanol–water partition coefficient (Wildman–Crippen LogP) is 2.69. The molecular formula is C11H8FNOS. The van der Waals surface area contributed by atoms with Crippen LogP contribution in [-0.4, -0.2) is 11.3 Å². The molecule has 0 saturated heterocycles. The van der Waals surface area contributed by atoms with E-state index in [0.29, 0.717) is 16.9 Å². The second-order valence-electron chi connectivity index (χ2n) is 3.04. The number of aldehydes is 1. The molecule has 1 aromatic carbocycles. The first kappa shape index (κ1) is 9.98. The van der Waals surface area contributed by atoms with Crippen LogP contribution in [0.5, 0.6) is 0 Å². The third-order valence-corrected chi connectivity index (χ3v) is 2.91. The van der Waals surface area contributed by atoms with Crippen LogP contribution in [0, 0.1) is 5.82 Å². The normalized spacial score (nSPS) is 10.2. The zero-order valence-electron chi connectivity index (χ0n) is 7.81. The van der Waals surface area contributed by atoms with Crippen LogP contribution in [0.1, 0.15) is 20.2 Å². The molecule has 2 rings (SSSR count). The van der Waals surface area contributed by atoms with Gasteiger partial charge in [-0.25, -0.2) is 9.37 Å². The van der Waals surface area contributed by atoms with Crippen molar-refractivity contribution in [3.8, 4) is 0 Å². The highest BCUT2D eigenvalue weighted by atomic mass is 32.1. The molecule has 4 heteroatoms. The van der Waals surface area contributed by atoms with Crippen molar-refractivity contribution in [2.75, 3.05) is 0 Å². The van der Waals surface area contributed by atoms with Gasteiger partial charge in [-0.3, -0.25) is 4.79 Å². The van der Waals surface area contributed by atoms with E-state index in [2.05, 4.69) is 4.98 Å². The molecule has 0 fully saturated rings. The number of hydrogen-bond acceptors (Lipinski definition) is 3. The molecule has 0 atom stereocenters. The van der Waals surface area contributed by atoms with Gasteiger partial charge in [0.25, 0.3) is 0 Å². The SMILES string of the molecule is O=Cc1cnc(Cc2ccccc2F)s1. The largest absolute Gasteiger partial charge is 0.297 e. The van der Waals surface area contributed by atoms with Crippen LogP contribution in [0.2, 0.25) is 0 Å². The first-order chi connectivity index (χ1) is 7.29. The number of nitrogens with zero attached hydrogens (tertiary/aromatic N) is 1. The Bertz CT molecular complexity index is 481. The maximum absolute atomic E-state index is 13.3. The smallest absolute Gasteiger partial charge is 0.161 e. The molecule has 0 saturated carbocycles. The van der Waals surface area contributed by atoms with Crippen molar-refractivity contribution in [1.29, 1.82) is 0 Å². The Morgan fingerprint density at radius 1 is 1.40 bits per heavy atom. The molecule has 76 valence electrons.